The molecule has 0 radical (unpaired) electrons. The zero-order chi connectivity index (χ0) is 24.5. The van der Waals surface area contributed by atoms with E-state index in [1.54, 1.807) is 6.92 Å². The van der Waals surface area contributed by atoms with Gasteiger partial charge in [-0.05, 0) is 72.0 Å². The minimum atomic E-state index is -3.91. The molecule has 0 atom stereocenters. The quantitative estimate of drug-likeness (QED) is 0.277. The molecule has 0 bridgehead atoms. The Labute approximate surface area is 203 Å². The normalized spacial score (nSPS) is 19.3. The van der Waals surface area contributed by atoms with Crippen molar-refractivity contribution in [3.8, 4) is 0 Å². The Kier molecular flexibility index (Phi) is 16.2. The third-order valence-electron chi connectivity index (χ3n) is 6.40. The molecule has 196 valence electrons. The van der Waals surface area contributed by atoms with E-state index in [4.69, 9.17) is 8.92 Å². The van der Waals surface area contributed by atoms with Crippen molar-refractivity contribution >= 4 is 16.2 Å². The molecule has 0 aliphatic heterocycles. The Morgan fingerprint density at radius 3 is 2.15 bits per heavy atom. The Morgan fingerprint density at radius 1 is 0.909 bits per heavy atom. The third-order valence-corrected chi connectivity index (χ3v) is 7.82. The average Bonchev–Trinajstić information content (AvgIpc) is 2.80. The summed E-state index contributed by atoms with van der Waals surface area (Å²) in [7, 11) is -0.150. The maximum Gasteiger partial charge on any atom is 0.338 e. The number of hydrogen-bond acceptors (Lipinski definition) is 6. The number of carbonyl (C=O) groups excluding carboxylic acids is 1. The van der Waals surface area contributed by atoms with Crippen molar-refractivity contribution in [2.24, 2.45) is 0 Å². The predicted molar refractivity (Wildman–Crippen MR) is 133 cm³/mol. The van der Waals surface area contributed by atoms with Gasteiger partial charge < -0.3 is 15.0 Å². The van der Waals surface area contributed by atoms with Crippen LogP contribution in [0.25, 0.3) is 0 Å². The number of nitrogens with one attached hydrogen (secondary N) is 1. The molecule has 1 N–H and O–H groups in total. The molecule has 1 fully saturated rings. The summed E-state index contributed by atoms with van der Waals surface area (Å²) in [5.74, 6) is -0.429. The smallest absolute Gasteiger partial charge is 0.338 e. The number of ether oxygens (including phenoxy) is 1. The molecule has 0 saturated heterocycles. The summed E-state index contributed by atoms with van der Waals surface area (Å²) < 4.78 is 36.9. The molecule has 33 heavy (non-hydrogen) atoms. The van der Waals surface area contributed by atoms with E-state index in [0.717, 1.165) is 38.7 Å². The lowest BCUT2D eigenvalue weighted by Gasteiger charge is -2.33. The van der Waals surface area contributed by atoms with Crippen LogP contribution in [0.1, 0.15) is 90.9 Å². The molecule has 0 unspecified atom stereocenters. The van der Waals surface area contributed by atoms with Crippen molar-refractivity contribution in [3.63, 3.8) is 0 Å². The second-order valence-electron chi connectivity index (χ2n) is 9.27. The van der Waals surface area contributed by atoms with Crippen molar-refractivity contribution in [3.05, 3.63) is 0 Å². The van der Waals surface area contributed by atoms with Crippen LogP contribution in [0.3, 0.4) is 0 Å². The predicted octanol–water partition coefficient (Wildman–Crippen LogP) is 3.72. The lowest BCUT2D eigenvalue weighted by atomic mass is 9.93. The lowest BCUT2D eigenvalue weighted by Crippen LogP contribution is -2.42. The molecular formula is C24H49N3O5S. The Bertz CT molecular complexity index is 609. The molecule has 0 aromatic carbocycles. The molecule has 1 aliphatic carbocycles. The van der Waals surface area contributed by atoms with Crippen molar-refractivity contribution in [1.82, 2.24) is 14.5 Å². The summed E-state index contributed by atoms with van der Waals surface area (Å²) in [4.78, 5) is 13.9. The first-order valence-corrected chi connectivity index (χ1v) is 14.4. The monoisotopic (exact) mass is 491 g/mol. The summed E-state index contributed by atoms with van der Waals surface area (Å²) >= 11 is 0. The molecule has 9 heteroatoms. The largest absolute Gasteiger partial charge is 0.378 e. The van der Waals surface area contributed by atoms with Gasteiger partial charge in [-0.15, -0.1) is 0 Å². The van der Waals surface area contributed by atoms with E-state index in [0.29, 0.717) is 6.54 Å². The van der Waals surface area contributed by atoms with Crippen LogP contribution < -0.4 is 5.32 Å². The van der Waals surface area contributed by atoms with Crippen LogP contribution in [0.5, 0.6) is 0 Å². The van der Waals surface area contributed by atoms with E-state index < -0.39 is 22.8 Å². The number of amides is 1. The summed E-state index contributed by atoms with van der Waals surface area (Å²) in [6, 6.07) is -0.107. The van der Waals surface area contributed by atoms with Crippen molar-refractivity contribution in [2.45, 2.75) is 103 Å². The fourth-order valence-corrected chi connectivity index (χ4v) is 5.22. The van der Waals surface area contributed by atoms with Crippen molar-refractivity contribution in [1.29, 1.82) is 0 Å². The van der Waals surface area contributed by atoms with Crippen LogP contribution >= 0.6 is 0 Å². The molecule has 0 spiro atoms. The second-order valence-corrected chi connectivity index (χ2v) is 10.9. The van der Waals surface area contributed by atoms with Gasteiger partial charge in [0.25, 0.3) is 0 Å². The molecule has 1 saturated carbocycles. The molecule has 8 nitrogen and oxygen atoms in total. The van der Waals surface area contributed by atoms with E-state index in [1.165, 1.54) is 69.4 Å². The summed E-state index contributed by atoms with van der Waals surface area (Å²) in [6.07, 6.45) is 13.5. The van der Waals surface area contributed by atoms with Gasteiger partial charge in [0.2, 0.25) is 5.91 Å². The Balaban J connectivity index is 2.09. The zero-order valence-corrected chi connectivity index (χ0v) is 22.3. The first-order valence-electron chi connectivity index (χ1n) is 13.0. The van der Waals surface area contributed by atoms with Crippen LogP contribution in [-0.2, 0) is 24.0 Å². The van der Waals surface area contributed by atoms with Crippen molar-refractivity contribution < 1.29 is 22.1 Å². The van der Waals surface area contributed by atoms with Gasteiger partial charge in [0, 0.05) is 26.2 Å². The van der Waals surface area contributed by atoms with Crippen molar-refractivity contribution in [2.75, 3.05) is 46.9 Å². The van der Waals surface area contributed by atoms with Crippen LogP contribution in [0.2, 0.25) is 0 Å². The number of nitrogens with zero attached hydrogens (tertiary/aromatic N) is 2. The molecule has 1 rings (SSSR count). The van der Waals surface area contributed by atoms with Crippen LogP contribution in [0.15, 0.2) is 0 Å². The van der Waals surface area contributed by atoms with Gasteiger partial charge in [-0.25, -0.2) is 4.18 Å². The molecule has 1 amide bonds. The van der Waals surface area contributed by atoms with Gasteiger partial charge in [-0.2, -0.15) is 12.7 Å². The topological polar surface area (TPSA) is 88.2 Å². The van der Waals surface area contributed by atoms with Crippen LogP contribution in [0.4, 0.5) is 0 Å². The first-order chi connectivity index (χ1) is 15.8. The highest BCUT2D eigenvalue weighted by Gasteiger charge is 2.31. The zero-order valence-electron chi connectivity index (χ0n) is 21.5. The average molecular weight is 492 g/mol. The van der Waals surface area contributed by atoms with Gasteiger partial charge in [0.15, 0.2) is 0 Å². The fraction of sp³-hybridized carbons (Fsp3) is 0.958. The highest BCUT2D eigenvalue weighted by Crippen LogP contribution is 2.26. The third kappa shape index (κ3) is 13.7. The highest BCUT2D eigenvalue weighted by molar-refractivity contribution is 7.84. The summed E-state index contributed by atoms with van der Waals surface area (Å²) in [5, 5.41) is 2.53. The van der Waals surface area contributed by atoms with Gasteiger partial charge in [0.1, 0.15) is 6.61 Å². The van der Waals surface area contributed by atoms with E-state index in [9.17, 15) is 13.2 Å². The number of hydrogen-bond donors (Lipinski definition) is 1. The molecule has 0 aromatic heterocycles. The number of rotatable bonds is 19. The van der Waals surface area contributed by atoms with Gasteiger partial charge in [-0.1, -0.05) is 39.0 Å². The SMILES string of the molecule is CCCCCN(C)CCCCCCCO[C@H]1CC[C@H](N(C)S(=O)(=O)OCC(=O)NCC)CC1. The maximum absolute atomic E-state index is 12.3. The summed E-state index contributed by atoms with van der Waals surface area (Å²) in [5.41, 5.74) is 0. The van der Waals surface area contributed by atoms with E-state index in [2.05, 4.69) is 24.2 Å². The van der Waals surface area contributed by atoms with E-state index in [1.807, 2.05) is 0 Å². The lowest BCUT2D eigenvalue weighted by molar-refractivity contribution is -0.123. The van der Waals surface area contributed by atoms with Gasteiger partial charge in [0.05, 0.1) is 6.10 Å². The number of carbonyl (C=O) groups is 1. The second kappa shape index (κ2) is 17.7. The molecule has 1 aliphatic rings. The van der Waals surface area contributed by atoms with Gasteiger partial charge >= 0.3 is 10.3 Å². The van der Waals surface area contributed by atoms with E-state index in [-0.39, 0.29) is 12.1 Å². The van der Waals surface area contributed by atoms with Crippen LogP contribution in [0, 0.1) is 0 Å². The Hall–Kier alpha value is -0.740. The van der Waals surface area contributed by atoms with E-state index >= 15 is 0 Å². The van der Waals surface area contributed by atoms with Gasteiger partial charge in [-0.3, -0.25) is 4.79 Å². The molecule has 0 heterocycles. The highest BCUT2D eigenvalue weighted by atomic mass is 32.2. The Morgan fingerprint density at radius 2 is 1.52 bits per heavy atom. The first kappa shape index (κ1) is 30.3. The number of unbranched alkanes of at least 4 members (excludes halogenated alkanes) is 6. The maximum atomic E-state index is 12.3. The fourth-order valence-electron chi connectivity index (χ4n) is 4.23. The minimum Gasteiger partial charge on any atom is -0.378 e. The summed E-state index contributed by atoms with van der Waals surface area (Å²) in [6.45, 7) is 7.19. The molecule has 0 aromatic rings. The van der Waals surface area contributed by atoms with Crippen LogP contribution in [-0.4, -0.2) is 82.6 Å². The standard InChI is InChI=1S/C24H49N3O5S/c1-5-7-11-18-26(3)19-12-9-8-10-13-20-31-23-16-14-22(15-17-23)27(4)33(29,30)32-21-24(28)25-6-2/h22-23H,5-21H2,1-4H3,(H,25,28)/t22-,23-. The molecular weight excluding hydrogens is 442 g/mol. The minimum absolute atomic E-state index is 0.107. The number of likely N-dealkylation sites (N-methyl/N-ethyl adjacent to an activating group) is 1.